The van der Waals surface area contributed by atoms with Crippen molar-refractivity contribution in [1.82, 2.24) is 4.98 Å². The minimum absolute atomic E-state index is 0.0711. The summed E-state index contributed by atoms with van der Waals surface area (Å²) < 4.78 is 12.2. The molecule has 3 aliphatic heterocycles. The fraction of sp³-hybridized carbons (Fsp3) is 0.188. The van der Waals surface area contributed by atoms with Crippen molar-refractivity contribution in [3.63, 3.8) is 0 Å². The lowest BCUT2D eigenvalue weighted by atomic mass is 9.48. The van der Waals surface area contributed by atoms with Crippen LogP contribution >= 0.6 is 11.6 Å². The number of aromatic nitrogens is 1. The molecule has 11 rings (SSSR count). The fourth-order valence-corrected chi connectivity index (χ4v) is 10.7. The molecule has 3 fully saturated rings. The summed E-state index contributed by atoms with van der Waals surface area (Å²) in [6.45, 7) is 0. The highest BCUT2D eigenvalue weighted by atomic mass is 35.5. The molecule has 1 N–H and O–H groups in total. The fourth-order valence-electron chi connectivity index (χ4n) is 10.6. The molecule has 4 amide bonds. The molecule has 6 aromatic rings. The van der Waals surface area contributed by atoms with Crippen molar-refractivity contribution in [2.45, 2.75) is 24.7 Å². The van der Waals surface area contributed by atoms with E-state index in [0.717, 1.165) is 22.2 Å². The number of carbonyl (C=O) groups excluding carboxylic acids is 4. The van der Waals surface area contributed by atoms with Crippen LogP contribution in [0.3, 0.4) is 0 Å². The van der Waals surface area contributed by atoms with Crippen LogP contribution in [0.15, 0.2) is 149 Å². The predicted octanol–water partition coefficient (Wildman–Crippen LogP) is 8.57. The number of ether oxygens (including phenoxy) is 1. The summed E-state index contributed by atoms with van der Waals surface area (Å²) in [5, 5.41) is 10.9. The highest BCUT2D eigenvalue weighted by Crippen LogP contribution is 2.64. The topological polar surface area (TPSA) is 130 Å². The van der Waals surface area contributed by atoms with Gasteiger partial charge in [0.15, 0.2) is 5.58 Å². The number of carbonyl (C=O) groups is 4. The van der Waals surface area contributed by atoms with Crippen molar-refractivity contribution in [1.29, 1.82) is 0 Å². The monoisotopic (exact) mass is 799 g/mol. The molecular weight excluding hydrogens is 766 g/mol. The number of allylic oxidation sites excluding steroid dienone is 3. The zero-order valence-corrected chi connectivity index (χ0v) is 32.1. The number of amides is 4. The lowest BCUT2D eigenvalue weighted by Crippen LogP contribution is -2.55. The molecule has 290 valence electrons. The second kappa shape index (κ2) is 13.1. The number of rotatable bonds is 5. The number of fused-ring (bicyclic) bond motifs is 6. The van der Waals surface area contributed by atoms with Crippen LogP contribution in [0.25, 0.3) is 22.6 Å². The Balaban J connectivity index is 1.03. The summed E-state index contributed by atoms with van der Waals surface area (Å²) in [5.74, 6) is -4.02. The first-order valence-electron chi connectivity index (χ1n) is 19.6. The lowest BCUT2D eigenvalue weighted by molar-refractivity contribution is -0.128. The number of benzene rings is 5. The van der Waals surface area contributed by atoms with Crippen LogP contribution in [0.5, 0.6) is 11.5 Å². The number of hydrogen-bond donors (Lipinski definition) is 1. The van der Waals surface area contributed by atoms with E-state index in [4.69, 9.17) is 20.8 Å². The van der Waals surface area contributed by atoms with E-state index in [1.54, 1.807) is 73.0 Å². The van der Waals surface area contributed by atoms with Crippen LogP contribution in [0, 0.1) is 29.6 Å². The molecule has 10 nitrogen and oxygen atoms in total. The molecule has 5 aromatic carbocycles. The Morgan fingerprint density at radius 2 is 1.56 bits per heavy atom. The third-order valence-corrected chi connectivity index (χ3v) is 13.2. The lowest BCUT2D eigenvalue weighted by Gasteiger charge is -2.51. The Labute approximate surface area is 343 Å². The minimum atomic E-state index is -1.44. The van der Waals surface area contributed by atoms with Gasteiger partial charge in [-0.15, -0.1) is 0 Å². The van der Waals surface area contributed by atoms with Gasteiger partial charge in [0.05, 0.1) is 40.8 Å². The molecule has 4 heterocycles. The van der Waals surface area contributed by atoms with E-state index in [9.17, 15) is 14.7 Å². The standard InChI is InChI=1S/C48H34ClN3O7/c49-30-9-6-10-32(23-30)52-45(55)37-24-36-34(42(48(37,47(52)57)29-7-2-1-3-8-29)28-21-27-22-33(53)17-20-39(27)58-25-28)18-19-35-41(36)46(56)51(44(35)54)31-15-13-26(14-16-31)43-50-38-11-4-5-12-40(38)59-43/h1-18,20,22-23,25,35-37,41-42,53H,19,21,24H2. The van der Waals surface area contributed by atoms with E-state index < -0.39 is 46.8 Å². The maximum atomic E-state index is 15.6. The van der Waals surface area contributed by atoms with Crippen molar-refractivity contribution in [3.8, 4) is 23.0 Å². The molecule has 59 heavy (non-hydrogen) atoms. The van der Waals surface area contributed by atoms with Crippen molar-refractivity contribution >= 4 is 57.7 Å². The Kier molecular flexibility index (Phi) is 7.87. The van der Waals surface area contributed by atoms with Gasteiger partial charge in [0.2, 0.25) is 29.5 Å². The van der Waals surface area contributed by atoms with E-state index in [1.807, 2.05) is 60.7 Å². The number of nitrogens with zero attached hydrogens (tertiary/aromatic N) is 3. The smallest absolute Gasteiger partial charge is 0.246 e. The van der Waals surface area contributed by atoms with Gasteiger partial charge in [-0.2, -0.15) is 0 Å². The van der Waals surface area contributed by atoms with Crippen LogP contribution in [-0.2, 0) is 31.0 Å². The van der Waals surface area contributed by atoms with Crippen LogP contribution < -0.4 is 14.5 Å². The van der Waals surface area contributed by atoms with Crippen molar-refractivity contribution < 1.29 is 33.4 Å². The highest BCUT2D eigenvalue weighted by molar-refractivity contribution is 6.32. The number of phenols is 1. The molecule has 2 aliphatic carbocycles. The minimum Gasteiger partial charge on any atom is -0.508 e. The van der Waals surface area contributed by atoms with Crippen LogP contribution in [-0.4, -0.2) is 33.7 Å². The summed E-state index contributed by atoms with van der Waals surface area (Å²) in [4.78, 5) is 67.1. The molecule has 0 radical (unpaired) electrons. The Morgan fingerprint density at radius 1 is 0.763 bits per heavy atom. The van der Waals surface area contributed by atoms with E-state index in [0.29, 0.717) is 51.2 Å². The van der Waals surface area contributed by atoms with Gasteiger partial charge in [0.1, 0.15) is 17.0 Å². The summed E-state index contributed by atoms with van der Waals surface area (Å²) >= 11 is 6.46. The number of halogens is 1. The number of oxazole rings is 1. The molecule has 1 aromatic heterocycles. The summed E-state index contributed by atoms with van der Waals surface area (Å²) in [6.07, 6.45) is 4.44. The normalized spacial score (nSPS) is 25.9. The van der Waals surface area contributed by atoms with Crippen LogP contribution in [0.1, 0.15) is 24.0 Å². The molecule has 5 aliphatic rings. The summed E-state index contributed by atoms with van der Waals surface area (Å²) in [7, 11) is 0. The summed E-state index contributed by atoms with van der Waals surface area (Å²) in [5.41, 5.74) is 4.37. The quantitative estimate of drug-likeness (QED) is 0.136. The maximum absolute atomic E-state index is 15.6. The molecular formula is C48H34ClN3O7. The van der Waals surface area contributed by atoms with E-state index in [-0.39, 0.29) is 30.4 Å². The van der Waals surface area contributed by atoms with E-state index >= 15 is 9.59 Å². The van der Waals surface area contributed by atoms with E-state index in [1.165, 1.54) is 9.80 Å². The number of hydrogen-bond acceptors (Lipinski definition) is 8. The second-order valence-electron chi connectivity index (χ2n) is 15.9. The van der Waals surface area contributed by atoms with Crippen molar-refractivity contribution in [3.05, 3.63) is 161 Å². The predicted molar refractivity (Wildman–Crippen MR) is 219 cm³/mol. The zero-order chi connectivity index (χ0) is 40.2. The van der Waals surface area contributed by atoms with Crippen LogP contribution in [0.2, 0.25) is 5.02 Å². The first kappa shape index (κ1) is 35.4. The molecule has 6 unspecified atom stereocenters. The SMILES string of the molecule is O=C1C2CC=C3C(CC4C(=O)N(c5cccc(Cl)c5)C(=O)C4(c4ccccc4)C3C3=COc4ccc(O)cc4C3)C2C(=O)N1c1ccc(-c2nc3ccccc3o2)cc1. The van der Waals surface area contributed by atoms with Gasteiger partial charge >= 0.3 is 0 Å². The largest absolute Gasteiger partial charge is 0.508 e. The molecule has 6 atom stereocenters. The second-order valence-corrected chi connectivity index (χ2v) is 16.4. The number of para-hydroxylation sites is 2. The zero-order valence-electron chi connectivity index (χ0n) is 31.3. The molecule has 0 spiro atoms. The molecule has 0 bridgehead atoms. The Hall–Kier alpha value is -6.78. The van der Waals surface area contributed by atoms with E-state index in [2.05, 4.69) is 4.98 Å². The average molecular weight is 800 g/mol. The highest BCUT2D eigenvalue weighted by Gasteiger charge is 2.70. The number of anilines is 2. The third kappa shape index (κ3) is 5.15. The number of imide groups is 2. The van der Waals surface area contributed by atoms with Gasteiger partial charge < -0.3 is 14.3 Å². The van der Waals surface area contributed by atoms with Crippen LogP contribution in [0.4, 0.5) is 11.4 Å². The summed E-state index contributed by atoms with van der Waals surface area (Å²) in [6, 6.07) is 35.5. The van der Waals surface area contributed by atoms with Gasteiger partial charge in [-0.25, -0.2) is 9.88 Å². The Bertz CT molecular complexity index is 2820. The molecule has 11 heteroatoms. The molecule has 1 saturated carbocycles. The average Bonchev–Trinajstić information content (AvgIpc) is 3.87. The van der Waals surface area contributed by atoms with Gasteiger partial charge in [-0.05, 0) is 103 Å². The van der Waals surface area contributed by atoms with Gasteiger partial charge in [0, 0.05) is 28.5 Å². The van der Waals surface area contributed by atoms with Gasteiger partial charge in [-0.3, -0.25) is 24.1 Å². The number of phenolic OH excluding ortho intramolecular Hbond substituents is 1. The van der Waals surface area contributed by atoms with Crippen molar-refractivity contribution in [2.75, 3.05) is 9.80 Å². The first-order chi connectivity index (χ1) is 28.7. The number of aromatic hydroxyl groups is 1. The molecule has 2 saturated heterocycles. The van der Waals surface area contributed by atoms with Crippen molar-refractivity contribution in [2.24, 2.45) is 29.6 Å². The van der Waals surface area contributed by atoms with Gasteiger partial charge in [-0.1, -0.05) is 71.8 Å². The van der Waals surface area contributed by atoms with Gasteiger partial charge in [0.25, 0.3) is 0 Å². The maximum Gasteiger partial charge on any atom is 0.246 e. The Morgan fingerprint density at radius 3 is 2.36 bits per heavy atom. The first-order valence-corrected chi connectivity index (χ1v) is 20.0. The third-order valence-electron chi connectivity index (χ3n) is 13.0.